The molecule has 0 saturated carbocycles. The first-order chi connectivity index (χ1) is 11.1. The van der Waals surface area contributed by atoms with Gasteiger partial charge in [0.1, 0.15) is 6.10 Å². The molecule has 6 nitrogen and oxygen atoms in total. The van der Waals surface area contributed by atoms with Crippen molar-refractivity contribution >= 4 is 17.7 Å². The molecular formula is C16H19N3O3S. The SMILES string of the molecule is CC(C)Sc1ccccc1C(=O)N1CCOC(c2ncon2)C1. The Morgan fingerprint density at radius 1 is 1.39 bits per heavy atom. The van der Waals surface area contributed by atoms with Crippen LogP contribution in [0, 0.1) is 0 Å². The molecule has 0 radical (unpaired) electrons. The zero-order valence-electron chi connectivity index (χ0n) is 13.1. The zero-order valence-corrected chi connectivity index (χ0v) is 14.0. The average Bonchev–Trinajstić information content (AvgIpc) is 3.09. The van der Waals surface area contributed by atoms with Crippen molar-refractivity contribution in [3.8, 4) is 0 Å². The number of nitrogens with zero attached hydrogens (tertiary/aromatic N) is 3. The smallest absolute Gasteiger partial charge is 0.255 e. The fourth-order valence-electron chi connectivity index (χ4n) is 2.48. The molecule has 1 amide bonds. The maximum atomic E-state index is 12.9. The van der Waals surface area contributed by atoms with Crippen LogP contribution in [-0.2, 0) is 4.74 Å². The van der Waals surface area contributed by atoms with Crippen LogP contribution < -0.4 is 0 Å². The Labute approximate surface area is 139 Å². The molecule has 1 aromatic carbocycles. The van der Waals surface area contributed by atoms with E-state index in [0.29, 0.717) is 30.8 Å². The minimum Gasteiger partial charge on any atom is -0.366 e. The van der Waals surface area contributed by atoms with Gasteiger partial charge in [-0.2, -0.15) is 4.98 Å². The predicted molar refractivity (Wildman–Crippen MR) is 86.3 cm³/mol. The Bertz CT molecular complexity index is 660. The molecule has 1 saturated heterocycles. The zero-order chi connectivity index (χ0) is 16.2. The summed E-state index contributed by atoms with van der Waals surface area (Å²) < 4.78 is 10.4. The van der Waals surface area contributed by atoms with Crippen molar-refractivity contribution in [1.29, 1.82) is 0 Å². The number of ether oxygens (including phenoxy) is 1. The van der Waals surface area contributed by atoms with Crippen molar-refractivity contribution in [2.75, 3.05) is 19.7 Å². The van der Waals surface area contributed by atoms with E-state index in [1.165, 1.54) is 6.39 Å². The summed E-state index contributed by atoms with van der Waals surface area (Å²) in [6, 6.07) is 7.73. The highest BCUT2D eigenvalue weighted by atomic mass is 32.2. The number of rotatable bonds is 4. The lowest BCUT2D eigenvalue weighted by atomic mass is 10.1. The van der Waals surface area contributed by atoms with E-state index in [2.05, 4.69) is 24.0 Å². The van der Waals surface area contributed by atoms with Gasteiger partial charge < -0.3 is 14.2 Å². The van der Waals surface area contributed by atoms with Crippen LogP contribution in [0.4, 0.5) is 0 Å². The Kier molecular flexibility index (Phi) is 4.97. The van der Waals surface area contributed by atoms with Crippen LogP contribution in [-0.4, -0.2) is 45.9 Å². The first-order valence-electron chi connectivity index (χ1n) is 7.58. The molecule has 1 aromatic heterocycles. The number of morpholine rings is 1. The summed E-state index contributed by atoms with van der Waals surface area (Å²) in [5.74, 6) is 0.498. The Morgan fingerprint density at radius 3 is 2.96 bits per heavy atom. The van der Waals surface area contributed by atoms with E-state index in [0.717, 1.165) is 10.5 Å². The van der Waals surface area contributed by atoms with Gasteiger partial charge in [-0.1, -0.05) is 31.1 Å². The third kappa shape index (κ3) is 3.73. The second-order valence-corrected chi connectivity index (χ2v) is 7.18. The number of amides is 1. The van der Waals surface area contributed by atoms with Crippen LogP contribution >= 0.6 is 11.8 Å². The standard InChI is InChI=1S/C16H19N3O3S/c1-11(2)23-14-6-4-3-5-12(14)16(20)19-7-8-21-13(9-19)15-17-10-22-18-15/h3-6,10-11,13H,7-9H2,1-2H3. The van der Waals surface area contributed by atoms with Gasteiger partial charge >= 0.3 is 0 Å². The minimum absolute atomic E-state index is 0.0190. The lowest BCUT2D eigenvalue weighted by molar-refractivity contribution is -0.0277. The van der Waals surface area contributed by atoms with Crippen LogP contribution in [0.2, 0.25) is 0 Å². The van der Waals surface area contributed by atoms with Crippen LogP contribution in [0.5, 0.6) is 0 Å². The maximum Gasteiger partial charge on any atom is 0.255 e. The molecule has 1 aliphatic rings. The largest absolute Gasteiger partial charge is 0.366 e. The fourth-order valence-corrected chi connectivity index (χ4v) is 3.43. The van der Waals surface area contributed by atoms with Gasteiger partial charge in [0.05, 0.1) is 18.7 Å². The molecule has 1 unspecified atom stereocenters. The summed E-state index contributed by atoms with van der Waals surface area (Å²) in [4.78, 5) is 19.7. The molecule has 0 bridgehead atoms. The van der Waals surface area contributed by atoms with Gasteiger partial charge in [-0.25, -0.2) is 0 Å². The molecule has 23 heavy (non-hydrogen) atoms. The molecule has 0 N–H and O–H groups in total. The van der Waals surface area contributed by atoms with Crippen LogP contribution in [0.3, 0.4) is 0 Å². The monoisotopic (exact) mass is 333 g/mol. The van der Waals surface area contributed by atoms with Crippen molar-refractivity contribution in [2.24, 2.45) is 0 Å². The molecule has 3 rings (SSSR count). The highest BCUT2D eigenvalue weighted by molar-refractivity contribution is 8.00. The Morgan fingerprint density at radius 2 is 2.22 bits per heavy atom. The highest BCUT2D eigenvalue weighted by Gasteiger charge is 2.29. The topological polar surface area (TPSA) is 68.5 Å². The number of benzene rings is 1. The van der Waals surface area contributed by atoms with Crippen molar-refractivity contribution in [2.45, 2.75) is 30.1 Å². The summed E-state index contributed by atoms with van der Waals surface area (Å²) in [6.07, 6.45) is 0.935. The lowest BCUT2D eigenvalue weighted by Gasteiger charge is -2.32. The average molecular weight is 333 g/mol. The van der Waals surface area contributed by atoms with Crippen molar-refractivity contribution in [3.05, 3.63) is 42.0 Å². The number of hydrogen-bond donors (Lipinski definition) is 0. The molecule has 2 aromatic rings. The van der Waals surface area contributed by atoms with E-state index in [1.807, 2.05) is 24.3 Å². The molecule has 1 atom stereocenters. The van der Waals surface area contributed by atoms with Crippen LogP contribution in [0.15, 0.2) is 40.1 Å². The van der Waals surface area contributed by atoms with Crippen molar-refractivity contribution in [3.63, 3.8) is 0 Å². The van der Waals surface area contributed by atoms with Gasteiger partial charge in [0.2, 0.25) is 12.2 Å². The van der Waals surface area contributed by atoms with Crippen LogP contribution in [0.1, 0.15) is 36.1 Å². The predicted octanol–water partition coefficient (Wildman–Crippen LogP) is 2.78. The van der Waals surface area contributed by atoms with Crippen molar-refractivity contribution < 1.29 is 14.1 Å². The summed E-state index contributed by atoms with van der Waals surface area (Å²) in [5.41, 5.74) is 0.736. The third-order valence-corrected chi connectivity index (χ3v) is 4.58. The summed E-state index contributed by atoms with van der Waals surface area (Å²) >= 11 is 1.70. The molecule has 1 fully saturated rings. The molecule has 0 spiro atoms. The quantitative estimate of drug-likeness (QED) is 0.802. The molecule has 122 valence electrons. The highest BCUT2D eigenvalue weighted by Crippen LogP contribution is 2.28. The van der Waals surface area contributed by atoms with E-state index >= 15 is 0 Å². The minimum atomic E-state index is -0.337. The van der Waals surface area contributed by atoms with Gasteiger partial charge in [-0.05, 0) is 12.1 Å². The number of aromatic nitrogens is 2. The summed E-state index contributed by atoms with van der Waals surface area (Å²) in [5, 5.41) is 4.23. The molecule has 0 aliphatic carbocycles. The summed E-state index contributed by atoms with van der Waals surface area (Å²) in [6.45, 7) is 5.69. The molecule has 7 heteroatoms. The van der Waals surface area contributed by atoms with E-state index in [9.17, 15) is 4.79 Å². The Hall–Kier alpha value is -1.86. The Balaban J connectivity index is 1.77. The number of thioether (sulfide) groups is 1. The second kappa shape index (κ2) is 7.14. The van der Waals surface area contributed by atoms with E-state index < -0.39 is 0 Å². The molecule has 2 heterocycles. The number of hydrogen-bond acceptors (Lipinski definition) is 6. The molecular weight excluding hydrogens is 314 g/mol. The first-order valence-corrected chi connectivity index (χ1v) is 8.46. The summed E-state index contributed by atoms with van der Waals surface area (Å²) in [7, 11) is 0. The van der Waals surface area contributed by atoms with Gasteiger partial charge in [0.15, 0.2) is 0 Å². The maximum absolute atomic E-state index is 12.9. The molecule has 1 aliphatic heterocycles. The number of carbonyl (C=O) groups excluding carboxylic acids is 1. The van der Waals surface area contributed by atoms with Gasteiger partial charge in [-0.3, -0.25) is 4.79 Å². The van der Waals surface area contributed by atoms with Crippen LogP contribution in [0.25, 0.3) is 0 Å². The first kappa shape index (κ1) is 16.0. The van der Waals surface area contributed by atoms with E-state index in [-0.39, 0.29) is 12.0 Å². The number of carbonyl (C=O) groups is 1. The van der Waals surface area contributed by atoms with E-state index in [1.54, 1.807) is 16.7 Å². The van der Waals surface area contributed by atoms with E-state index in [4.69, 9.17) is 9.26 Å². The van der Waals surface area contributed by atoms with Crippen molar-refractivity contribution in [1.82, 2.24) is 15.0 Å². The second-order valence-electron chi connectivity index (χ2n) is 5.56. The fraction of sp³-hybridized carbons (Fsp3) is 0.438. The van der Waals surface area contributed by atoms with Gasteiger partial charge in [0, 0.05) is 16.7 Å². The van der Waals surface area contributed by atoms with Gasteiger partial charge in [0.25, 0.3) is 5.91 Å². The lowest BCUT2D eigenvalue weighted by Crippen LogP contribution is -2.42. The van der Waals surface area contributed by atoms with Gasteiger partial charge in [-0.15, -0.1) is 11.8 Å². The third-order valence-electron chi connectivity index (χ3n) is 3.50. The normalized spacial score (nSPS) is 18.4.